The molecule has 0 unspecified atom stereocenters. The Morgan fingerprint density at radius 3 is 2.25 bits per heavy atom. The molecule has 132 valence electrons. The molecule has 1 aromatic rings. The fourth-order valence-electron chi connectivity index (χ4n) is 3.21. The zero-order valence-electron chi connectivity index (χ0n) is 15.6. The first-order chi connectivity index (χ1) is 11.2. The average Bonchev–Trinajstić information content (AvgIpc) is 2.53. The number of likely N-dealkylation sites (tertiary alicyclic amines) is 1. The monoisotopic (exact) mass is 330 g/mol. The highest BCUT2D eigenvalue weighted by atomic mass is 16.2. The number of para-hydroxylation sites is 1. The van der Waals surface area contributed by atoms with Gasteiger partial charge in [-0.25, -0.2) is 0 Å². The van der Waals surface area contributed by atoms with Gasteiger partial charge in [-0.3, -0.25) is 9.59 Å². The van der Waals surface area contributed by atoms with Gasteiger partial charge in [-0.15, -0.1) is 0 Å². The second-order valence-corrected chi connectivity index (χ2v) is 8.04. The number of carbonyl (C=O) groups is 2. The minimum Gasteiger partial charge on any atom is -0.342 e. The Kier molecular flexibility index (Phi) is 5.68. The van der Waals surface area contributed by atoms with Crippen LogP contribution >= 0.6 is 0 Å². The summed E-state index contributed by atoms with van der Waals surface area (Å²) < 4.78 is 0. The Hall–Kier alpha value is -1.84. The predicted molar refractivity (Wildman–Crippen MR) is 97.9 cm³/mol. The van der Waals surface area contributed by atoms with Crippen molar-refractivity contribution in [3.05, 3.63) is 29.8 Å². The van der Waals surface area contributed by atoms with Crippen molar-refractivity contribution in [2.45, 2.75) is 52.9 Å². The molecule has 0 atom stereocenters. The zero-order valence-corrected chi connectivity index (χ0v) is 15.6. The van der Waals surface area contributed by atoms with E-state index in [4.69, 9.17) is 0 Å². The number of amides is 2. The highest BCUT2D eigenvalue weighted by Crippen LogP contribution is 2.30. The van der Waals surface area contributed by atoms with E-state index >= 15 is 0 Å². The molecule has 0 spiro atoms. The third kappa shape index (κ3) is 4.37. The van der Waals surface area contributed by atoms with Gasteiger partial charge < -0.3 is 10.2 Å². The molecule has 1 aromatic carbocycles. The standard InChI is InChI=1S/C20H30N2O2/c1-14(2)19(24)22-12-10-15(11-13-22)18(23)21-17-9-7-6-8-16(17)20(3,4)5/h6-9,14-15H,10-13H2,1-5H3,(H,21,23). The lowest BCUT2D eigenvalue weighted by Gasteiger charge is -2.33. The Morgan fingerprint density at radius 2 is 1.71 bits per heavy atom. The zero-order chi connectivity index (χ0) is 17.9. The van der Waals surface area contributed by atoms with Crippen molar-refractivity contribution in [3.8, 4) is 0 Å². The van der Waals surface area contributed by atoms with E-state index in [1.807, 2.05) is 36.9 Å². The fourth-order valence-corrected chi connectivity index (χ4v) is 3.21. The van der Waals surface area contributed by atoms with Crippen LogP contribution in [0.15, 0.2) is 24.3 Å². The predicted octanol–water partition coefficient (Wildman–Crippen LogP) is 3.82. The van der Waals surface area contributed by atoms with Crippen molar-refractivity contribution >= 4 is 17.5 Å². The van der Waals surface area contributed by atoms with E-state index in [-0.39, 0.29) is 29.1 Å². The van der Waals surface area contributed by atoms with Crippen LogP contribution < -0.4 is 5.32 Å². The van der Waals surface area contributed by atoms with Gasteiger partial charge in [0, 0.05) is 30.6 Å². The van der Waals surface area contributed by atoms with Gasteiger partial charge in [-0.1, -0.05) is 52.8 Å². The lowest BCUT2D eigenvalue weighted by atomic mass is 9.85. The molecule has 24 heavy (non-hydrogen) atoms. The molecular weight excluding hydrogens is 300 g/mol. The molecule has 0 aromatic heterocycles. The molecule has 2 rings (SSSR count). The molecule has 1 saturated heterocycles. The molecule has 0 saturated carbocycles. The second-order valence-electron chi connectivity index (χ2n) is 8.04. The van der Waals surface area contributed by atoms with E-state index in [0.717, 1.165) is 24.1 Å². The summed E-state index contributed by atoms with van der Waals surface area (Å²) >= 11 is 0. The van der Waals surface area contributed by atoms with Crippen LogP contribution in [-0.2, 0) is 15.0 Å². The van der Waals surface area contributed by atoms with Crippen molar-refractivity contribution in [1.29, 1.82) is 0 Å². The normalized spacial score (nSPS) is 16.3. The topological polar surface area (TPSA) is 49.4 Å². The molecule has 4 nitrogen and oxygen atoms in total. The molecule has 1 N–H and O–H groups in total. The third-order valence-electron chi connectivity index (χ3n) is 4.66. The molecule has 0 bridgehead atoms. The largest absolute Gasteiger partial charge is 0.342 e. The first kappa shape index (κ1) is 18.5. The van der Waals surface area contributed by atoms with Gasteiger partial charge >= 0.3 is 0 Å². The summed E-state index contributed by atoms with van der Waals surface area (Å²) in [5.41, 5.74) is 2.03. The van der Waals surface area contributed by atoms with Gasteiger partial charge in [0.15, 0.2) is 0 Å². The van der Waals surface area contributed by atoms with Crippen molar-refractivity contribution < 1.29 is 9.59 Å². The van der Waals surface area contributed by atoms with Crippen LogP contribution in [0, 0.1) is 11.8 Å². The van der Waals surface area contributed by atoms with Crippen LogP contribution in [0.4, 0.5) is 5.69 Å². The minimum absolute atomic E-state index is 0.0169. The SMILES string of the molecule is CC(C)C(=O)N1CCC(C(=O)Nc2ccccc2C(C)(C)C)CC1. The summed E-state index contributed by atoms with van der Waals surface area (Å²) in [6.45, 7) is 11.6. The summed E-state index contributed by atoms with van der Waals surface area (Å²) in [6, 6.07) is 8.00. The summed E-state index contributed by atoms with van der Waals surface area (Å²) in [6.07, 6.45) is 1.48. The van der Waals surface area contributed by atoms with Crippen LogP contribution in [0.5, 0.6) is 0 Å². The number of carbonyl (C=O) groups excluding carboxylic acids is 2. The first-order valence-electron chi connectivity index (χ1n) is 8.89. The van der Waals surface area contributed by atoms with E-state index in [1.165, 1.54) is 0 Å². The van der Waals surface area contributed by atoms with Crippen molar-refractivity contribution in [3.63, 3.8) is 0 Å². The number of hydrogen-bond acceptors (Lipinski definition) is 2. The van der Waals surface area contributed by atoms with Gasteiger partial charge in [0.2, 0.25) is 11.8 Å². The number of piperidine rings is 1. The van der Waals surface area contributed by atoms with Gasteiger partial charge in [0.25, 0.3) is 0 Å². The van der Waals surface area contributed by atoms with Gasteiger partial charge in [0.05, 0.1) is 0 Å². The van der Waals surface area contributed by atoms with Crippen LogP contribution in [0.3, 0.4) is 0 Å². The molecule has 1 aliphatic heterocycles. The molecule has 4 heteroatoms. The van der Waals surface area contributed by atoms with Crippen molar-refractivity contribution in [1.82, 2.24) is 4.90 Å². The van der Waals surface area contributed by atoms with E-state index in [1.54, 1.807) is 0 Å². The maximum atomic E-state index is 12.6. The van der Waals surface area contributed by atoms with E-state index in [0.29, 0.717) is 13.1 Å². The number of nitrogens with one attached hydrogen (secondary N) is 1. The van der Waals surface area contributed by atoms with Crippen LogP contribution in [0.25, 0.3) is 0 Å². The number of hydrogen-bond donors (Lipinski definition) is 1. The third-order valence-corrected chi connectivity index (χ3v) is 4.66. The quantitative estimate of drug-likeness (QED) is 0.916. The molecule has 2 amide bonds. The minimum atomic E-state index is -0.0192. The van der Waals surface area contributed by atoms with Crippen molar-refractivity contribution in [2.75, 3.05) is 18.4 Å². The lowest BCUT2D eigenvalue weighted by Crippen LogP contribution is -2.43. The van der Waals surface area contributed by atoms with E-state index in [2.05, 4.69) is 32.2 Å². The van der Waals surface area contributed by atoms with Gasteiger partial charge in [-0.05, 0) is 29.9 Å². The second kappa shape index (κ2) is 7.37. The average molecular weight is 330 g/mol. The lowest BCUT2D eigenvalue weighted by molar-refractivity contribution is -0.137. The maximum Gasteiger partial charge on any atom is 0.227 e. The van der Waals surface area contributed by atoms with E-state index in [9.17, 15) is 9.59 Å². The fraction of sp³-hybridized carbons (Fsp3) is 0.600. The molecule has 0 aliphatic carbocycles. The summed E-state index contributed by atoms with van der Waals surface area (Å²) in [7, 11) is 0. The summed E-state index contributed by atoms with van der Waals surface area (Å²) in [4.78, 5) is 26.6. The van der Waals surface area contributed by atoms with Crippen molar-refractivity contribution in [2.24, 2.45) is 11.8 Å². The molecular formula is C20H30N2O2. The van der Waals surface area contributed by atoms with Crippen LogP contribution in [0.2, 0.25) is 0 Å². The summed E-state index contributed by atoms with van der Waals surface area (Å²) in [5.74, 6) is 0.263. The van der Waals surface area contributed by atoms with Crippen LogP contribution in [-0.4, -0.2) is 29.8 Å². The van der Waals surface area contributed by atoms with Gasteiger partial charge in [0.1, 0.15) is 0 Å². The Morgan fingerprint density at radius 1 is 1.12 bits per heavy atom. The Labute approximate surface area is 145 Å². The number of nitrogens with zero attached hydrogens (tertiary/aromatic N) is 1. The van der Waals surface area contributed by atoms with Crippen LogP contribution in [0.1, 0.15) is 53.0 Å². The summed E-state index contributed by atoms with van der Waals surface area (Å²) in [5, 5.41) is 3.11. The number of benzene rings is 1. The highest BCUT2D eigenvalue weighted by Gasteiger charge is 2.29. The highest BCUT2D eigenvalue weighted by molar-refractivity contribution is 5.93. The Bertz CT molecular complexity index is 594. The first-order valence-corrected chi connectivity index (χ1v) is 8.89. The Balaban J connectivity index is 1.99. The number of rotatable bonds is 3. The smallest absolute Gasteiger partial charge is 0.227 e. The molecule has 1 aliphatic rings. The maximum absolute atomic E-state index is 12.6. The molecule has 1 fully saturated rings. The molecule has 0 radical (unpaired) electrons. The molecule has 1 heterocycles. The number of anilines is 1. The van der Waals surface area contributed by atoms with E-state index < -0.39 is 0 Å². The van der Waals surface area contributed by atoms with Gasteiger partial charge in [-0.2, -0.15) is 0 Å².